The van der Waals surface area contributed by atoms with Gasteiger partial charge in [-0.3, -0.25) is 14.6 Å². The molecular formula is C26H41N3O4S. The molecule has 1 aliphatic carbocycles. The molecule has 1 aromatic carbocycles. The highest BCUT2D eigenvalue weighted by molar-refractivity contribution is 7.98. The summed E-state index contributed by atoms with van der Waals surface area (Å²) in [6, 6.07) is 7.54. The number of hydrogen-bond donors (Lipinski definition) is 1. The number of amides is 2. The fourth-order valence-corrected chi connectivity index (χ4v) is 5.04. The van der Waals surface area contributed by atoms with Gasteiger partial charge < -0.3 is 14.7 Å². The first-order chi connectivity index (χ1) is 16.2. The Kier molecular flexibility index (Phi) is 9.54. The third kappa shape index (κ3) is 7.54. The van der Waals surface area contributed by atoms with E-state index in [4.69, 9.17) is 9.84 Å². The molecule has 1 aromatic rings. The highest BCUT2D eigenvalue weighted by Gasteiger charge is 2.39. The maximum atomic E-state index is 13.1. The summed E-state index contributed by atoms with van der Waals surface area (Å²) in [6.45, 7) is 9.86. The predicted octanol–water partition coefficient (Wildman–Crippen LogP) is 4.59. The normalized spacial score (nSPS) is 21.8. The van der Waals surface area contributed by atoms with Gasteiger partial charge in [0.15, 0.2) is 0 Å². The second-order valence-corrected chi connectivity index (χ2v) is 11.2. The molecule has 0 unspecified atom stereocenters. The fourth-order valence-electron chi connectivity index (χ4n) is 4.63. The molecule has 190 valence electrons. The summed E-state index contributed by atoms with van der Waals surface area (Å²) in [4.78, 5) is 32.8. The summed E-state index contributed by atoms with van der Waals surface area (Å²) in [5, 5.41) is 8.84. The topological polar surface area (TPSA) is 73.3 Å². The highest BCUT2D eigenvalue weighted by Crippen LogP contribution is 2.27. The Morgan fingerprint density at radius 1 is 0.941 bits per heavy atom. The third-order valence-electron chi connectivity index (χ3n) is 6.67. The molecule has 3 aliphatic rings. The number of phenolic OH excluding ortho intramolecular Hbond substituents is 1. The molecule has 1 atom stereocenters. The largest absolute Gasteiger partial charge is 0.508 e. The molecule has 1 saturated carbocycles. The highest BCUT2D eigenvalue weighted by atomic mass is 32.2. The summed E-state index contributed by atoms with van der Waals surface area (Å²) in [6.07, 6.45) is 8.27. The molecule has 1 N–H and O–H groups in total. The van der Waals surface area contributed by atoms with Gasteiger partial charge in [-0.25, -0.2) is 4.79 Å². The van der Waals surface area contributed by atoms with E-state index in [1.807, 2.05) is 44.1 Å². The van der Waals surface area contributed by atoms with Gasteiger partial charge in [0.25, 0.3) is 0 Å². The van der Waals surface area contributed by atoms with Crippen molar-refractivity contribution in [3.05, 3.63) is 24.3 Å². The number of rotatable bonds is 3. The number of likely N-dealkylation sites (tertiary alicyclic amines) is 1. The molecule has 3 fully saturated rings. The Balaban J connectivity index is 0.000000302. The first-order valence-corrected chi connectivity index (χ1v) is 13.8. The van der Waals surface area contributed by atoms with Crippen LogP contribution in [-0.2, 0) is 9.53 Å². The van der Waals surface area contributed by atoms with Crippen LogP contribution in [0.15, 0.2) is 29.2 Å². The van der Waals surface area contributed by atoms with Crippen LogP contribution in [0.4, 0.5) is 4.79 Å². The first-order valence-electron chi connectivity index (χ1n) is 12.5. The zero-order chi connectivity index (χ0) is 24.7. The molecule has 0 aromatic heterocycles. The average molecular weight is 492 g/mol. The lowest BCUT2D eigenvalue weighted by Crippen LogP contribution is -2.50. The van der Waals surface area contributed by atoms with E-state index in [-0.39, 0.29) is 18.0 Å². The number of thioether (sulfide) groups is 1. The molecular weight excluding hydrogens is 450 g/mol. The van der Waals surface area contributed by atoms with Crippen LogP contribution in [0.3, 0.4) is 0 Å². The molecule has 0 radical (unpaired) electrons. The van der Waals surface area contributed by atoms with Crippen LogP contribution >= 0.6 is 11.8 Å². The zero-order valence-corrected chi connectivity index (χ0v) is 22.0. The van der Waals surface area contributed by atoms with Crippen molar-refractivity contribution in [2.24, 2.45) is 0 Å². The van der Waals surface area contributed by atoms with Crippen molar-refractivity contribution >= 4 is 23.8 Å². The number of ether oxygens (including phenoxy) is 1. The van der Waals surface area contributed by atoms with Crippen LogP contribution in [-0.4, -0.2) is 88.5 Å². The Morgan fingerprint density at radius 2 is 1.65 bits per heavy atom. The lowest BCUT2D eigenvalue weighted by molar-refractivity contribution is -0.135. The smallest absolute Gasteiger partial charge is 0.410 e. The van der Waals surface area contributed by atoms with E-state index < -0.39 is 5.60 Å². The number of benzene rings is 1. The molecule has 4 rings (SSSR count). The third-order valence-corrected chi connectivity index (χ3v) is 7.42. The van der Waals surface area contributed by atoms with E-state index in [0.717, 1.165) is 51.5 Å². The van der Waals surface area contributed by atoms with Gasteiger partial charge in [-0.15, -0.1) is 11.8 Å². The average Bonchev–Trinajstić information content (AvgIpc) is 3.12. The minimum Gasteiger partial charge on any atom is -0.508 e. The van der Waals surface area contributed by atoms with Crippen molar-refractivity contribution in [1.82, 2.24) is 14.7 Å². The van der Waals surface area contributed by atoms with Crippen LogP contribution in [0.25, 0.3) is 0 Å². The van der Waals surface area contributed by atoms with Gasteiger partial charge >= 0.3 is 6.09 Å². The molecule has 7 nitrogen and oxygen atoms in total. The second kappa shape index (κ2) is 12.2. The van der Waals surface area contributed by atoms with Crippen molar-refractivity contribution < 1.29 is 19.4 Å². The van der Waals surface area contributed by atoms with Crippen LogP contribution in [0.5, 0.6) is 5.75 Å². The Bertz CT molecular complexity index is 807. The molecule has 2 amide bonds. The van der Waals surface area contributed by atoms with Gasteiger partial charge in [0.05, 0.1) is 0 Å². The van der Waals surface area contributed by atoms with Crippen LogP contribution < -0.4 is 0 Å². The van der Waals surface area contributed by atoms with E-state index in [2.05, 4.69) is 4.90 Å². The van der Waals surface area contributed by atoms with E-state index in [0.29, 0.717) is 12.3 Å². The molecule has 2 heterocycles. The Hall–Kier alpha value is -1.93. The van der Waals surface area contributed by atoms with Gasteiger partial charge in [0, 0.05) is 43.7 Å². The predicted molar refractivity (Wildman–Crippen MR) is 136 cm³/mol. The van der Waals surface area contributed by atoms with Gasteiger partial charge in [-0.05, 0) is 83.4 Å². The number of nitrogens with zero attached hydrogens (tertiary/aromatic N) is 3. The van der Waals surface area contributed by atoms with E-state index in [1.165, 1.54) is 24.2 Å². The van der Waals surface area contributed by atoms with E-state index >= 15 is 0 Å². The maximum Gasteiger partial charge on any atom is 0.410 e. The fraction of sp³-hybridized carbons (Fsp3) is 0.692. The van der Waals surface area contributed by atoms with Crippen molar-refractivity contribution in [3.8, 4) is 5.75 Å². The Labute approximate surface area is 208 Å². The molecule has 2 saturated heterocycles. The van der Waals surface area contributed by atoms with Crippen LogP contribution in [0.1, 0.15) is 59.3 Å². The quantitative estimate of drug-likeness (QED) is 0.624. The maximum absolute atomic E-state index is 13.1. The number of aromatic hydroxyl groups is 1. The number of carbonyl (C=O) groups excluding carboxylic acids is 2. The molecule has 34 heavy (non-hydrogen) atoms. The monoisotopic (exact) mass is 491 g/mol. The summed E-state index contributed by atoms with van der Waals surface area (Å²) in [7, 11) is 0. The minimum absolute atomic E-state index is 0.110. The van der Waals surface area contributed by atoms with Crippen LogP contribution in [0, 0.1) is 0 Å². The lowest BCUT2D eigenvalue weighted by atomic mass is 9.91. The molecule has 0 spiro atoms. The number of carbonyl (C=O) groups is 2. The SMILES string of the molecule is CC(C)(C)OC(=O)N1CCC[C@@H]1C(=O)N1CCCN(C2CCC2)CC1.CSc1ccc(O)cc1. The molecule has 0 bridgehead atoms. The standard InChI is InChI=1S/C19H33N3O3.C7H8OS/c1-19(2,3)25-18(24)22-12-5-9-16(22)17(23)21-11-6-10-20(13-14-21)15-7-4-8-15;1-9-7-4-2-6(8)3-5-7/h15-16H,4-14H2,1-3H3;2-5,8H,1H3/t16-;/m1./s1. The molecule has 2 aliphatic heterocycles. The lowest BCUT2D eigenvalue weighted by Gasteiger charge is -2.37. The second-order valence-electron chi connectivity index (χ2n) is 10.3. The van der Waals surface area contributed by atoms with E-state index in [1.54, 1.807) is 28.8 Å². The summed E-state index contributed by atoms with van der Waals surface area (Å²) in [5.74, 6) is 0.437. The minimum atomic E-state index is -0.529. The summed E-state index contributed by atoms with van der Waals surface area (Å²) in [5.41, 5.74) is -0.529. The number of hydrogen-bond acceptors (Lipinski definition) is 6. The van der Waals surface area contributed by atoms with Gasteiger partial charge in [0.2, 0.25) is 5.91 Å². The van der Waals surface area contributed by atoms with Crippen molar-refractivity contribution in [1.29, 1.82) is 0 Å². The van der Waals surface area contributed by atoms with Crippen molar-refractivity contribution in [2.75, 3.05) is 39.0 Å². The van der Waals surface area contributed by atoms with E-state index in [9.17, 15) is 9.59 Å². The van der Waals surface area contributed by atoms with Gasteiger partial charge in [-0.1, -0.05) is 6.42 Å². The van der Waals surface area contributed by atoms with Crippen LogP contribution in [0.2, 0.25) is 0 Å². The first kappa shape index (κ1) is 26.7. The molecule has 8 heteroatoms. The van der Waals surface area contributed by atoms with Gasteiger partial charge in [-0.2, -0.15) is 0 Å². The van der Waals surface area contributed by atoms with Crippen molar-refractivity contribution in [3.63, 3.8) is 0 Å². The summed E-state index contributed by atoms with van der Waals surface area (Å²) < 4.78 is 5.49. The Morgan fingerprint density at radius 3 is 2.24 bits per heavy atom. The zero-order valence-electron chi connectivity index (χ0n) is 21.2. The summed E-state index contributed by atoms with van der Waals surface area (Å²) >= 11 is 1.67. The van der Waals surface area contributed by atoms with Crippen molar-refractivity contribution in [2.45, 2.75) is 81.9 Å². The number of phenols is 1. The van der Waals surface area contributed by atoms with Gasteiger partial charge in [0.1, 0.15) is 17.4 Å².